The van der Waals surface area contributed by atoms with Gasteiger partial charge < -0.3 is 0 Å². The zero-order chi connectivity index (χ0) is 28.8. The van der Waals surface area contributed by atoms with Gasteiger partial charge in [-0.25, -0.2) is 19.4 Å². The lowest BCUT2D eigenvalue weighted by Crippen LogP contribution is -2.14. The molecule has 0 aromatic heterocycles. The topological polar surface area (TPSA) is 173 Å². The van der Waals surface area contributed by atoms with Gasteiger partial charge in [0.1, 0.15) is 11.1 Å². The summed E-state index contributed by atoms with van der Waals surface area (Å²) in [6.45, 7) is 0. The van der Waals surface area contributed by atoms with Crippen molar-refractivity contribution in [3.63, 3.8) is 0 Å². The molecule has 0 aliphatic carbocycles. The van der Waals surface area contributed by atoms with E-state index < -0.39 is 55.9 Å². The highest BCUT2D eigenvalue weighted by Crippen LogP contribution is 2.26. The van der Waals surface area contributed by atoms with Crippen LogP contribution in [-0.2, 0) is 9.78 Å². The molecule has 40 heavy (non-hydrogen) atoms. The molecule has 198 valence electrons. The number of hydrogen-bond acceptors (Lipinski definition) is 10. The van der Waals surface area contributed by atoms with Crippen LogP contribution in [0.15, 0.2) is 97.1 Å². The zero-order valence-corrected chi connectivity index (χ0v) is 20.2. The molecule has 0 spiro atoms. The number of nitro groups is 2. The largest absolute Gasteiger partial charge is 0.386 e. The summed E-state index contributed by atoms with van der Waals surface area (Å²) in [5.41, 5.74) is -2.32. The average Bonchev–Trinajstić information content (AvgIpc) is 2.99. The fourth-order valence-electron chi connectivity index (χ4n) is 3.67. The molecular weight excluding hydrogens is 524 g/mol. The molecule has 0 saturated heterocycles. The molecule has 0 unspecified atom stereocenters. The van der Waals surface area contributed by atoms with Crippen LogP contribution < -0.4 is 0 Å². The van der Waals surface area contributed by atoms with Crippen LogP contribution in [0.3, 0.4) is 0 Å². The smallest absolute Gasteiger partial charge is 0.288 e. The quantitative estimate of drug-likeness (QED) is 0.129. The number of nitrogens with zero attached hydrogens (tertiary/aromatic N) is 2. The van der Waals surface area contributed by atoms with Crippen molar-refractivity contribution in [3.05, 3.63) is 151 Å². The number of ketones is 2. The van der Waals surface area contributed by atoms with Gasteiger partial charge in [-0.1, -0.05) is 60.7 Å². The molecule has 12 nitrogen and oxygen atoms in total. The molecule has 12 heteroatoms. The summed E-state index contributed by atoms with van der Waals surface area (Å²) in [5.74, 6) is -3.90. The summed E-state index contributed by atoms with van der Waals surface area (Å²) < 4.78 is 0. The van der Waals surface area contributed by atoms with E-state index in [1.165, 1.54) is 24.3 Å². The van der Waals surface area contributed by atoms with Crippen LogP contribution in [0.1, 0.15) is 52.6 Å². The van der Waals surface area contributed by atoms with E-state index in [0.717, 1.165) is 36.4 Å². The molecule has 0 radical (unpaired) electrons. The Hall–Kier alpha value is -6.04. The van der Waals surface area contributed by atoms with Crippen LogP contribution in [0, 0.1) is 20.2 Å². The average molecular weight is 540 g/mol. The Bertz CT molecular complexity index is 1540. The minimum atomic E-state index is -1.31. The summed E-state index contributed by atoms with van der Waals surface area (Å²) in [4.78, 5) is 80.6. The van der Waals surface area contributed by atoms with Crippen LogP contribution in [0.5, 0.6) is 0 Å². The summed E-state index contributed by atoms with van der Waals surface area (Å²) >= 11 is 0. The molecule has 0 amide bonds. The normalized spacial score (nSPS) is 10.3. The predicted octanol–water partition coefficient (Wildman–Crippen LogP) is 4.89. The van der Waals surface area contributed by atoms with E-state index in [2.05, 4.69) is 9.78 Å². The van der Waals surface area contributed by atoms with Crippen molar-refractivity contribution in [2.45, 2.75) is 0 Å². The summed E-state index contributed by atoms with van der Waals surface area (Å²) in [7, 11) is 0. The monoisotopic (exact) mass is 540 g/mol. The van der Waals surface area contributed by atoms with Crippen LogP contribution in [-0.4, -0.2) is 33.4 Å². The number of carbonyl (C=O) groups is 4. The van der Waals surface area contributed by atoms with E-state index in [-0.39, 0.29) is 22.3 Å². The van der Waals surface area contributed by atoms with Gasteiger partial charge in [-0.15, -0.1) is 0 Å². The molecule has 0 aliphatic heterocycles. The second-order valence-corrected chi connectivity index (χ2v) is 8.11. The van der Waals surface area contributed by atoms with E-state index >= 15 is 0 Å². The van der Waals surface area contributed by atoms with Crippen molar-refractivity contribution in [2.75, 3.05) is 0 Å². The van der Waals surface area contributed by atoms with Crippen LogP contribution >= 0.6 is 0 Å². The lowest BCUT2D eigenvalue weighted by atomic mass is 10.00. The number of rotatable bonds is 8. The summed E-state index contributed by atoms with van der Waals surface area (Å²) in [6, 6.07) is 21.5. The van der Waals surface area contributed by atoms with Crippen molar-refractivity contribution in [3.8, 4) is 0 Å². The van der Waals surface area contributed by atoms with Crippen molar-refractivity contribution < 1.29 is 38.8 Å². The highest BCUT2D eigenvalue weighted by Gasteiger charge is 2.27. The molecule has 4 aromatic rings. The number of nitro benzene ring substituents is 2. The molecule has 0 fully saturated rings. The Morgan fingerprint density at radius 2 is 0.850 bits per heavy atom. The lowest BCUT2D eigenvalue weighted by Gasteiger charge is -2.07. The van der Waals surface area contributed by atoms with E-state index in [9.17, 15) is 39.4 Å². The van der Waals surface area contributed by atoms with Crippen LogP contribution in [0.25, 0.3) is 0 Å². The minimum Gasteiger partial charge on any atom is -0.288 e. The molecule has 4 aromatic carbocycles. The lowest BCUT2D eigenvalue weighted by molar-refractivity contribution is -0.385. The fraction of sp³-hybridized carbons (Fsp3) is 0. The maximum absolute atomic E-state index is 12.7. The van der Waals surface area contributed by atoms with Gasteiger partial charge in [0.25, 0.3) is 11.4 Å². The molecule has 0 N–H and O–H groups in total. The van der Waals surface area contributed by atoms with E-state index in [1.807, 2.05) is 0 Å². The number of benzene rings is 4. The second-order valence-electron chi connectivity index (χ2n) is 8.11. The van der Waals surface area contributed by atoms with Gasteiger partial charge in [0, 0.05) is 23.3 Å². The standard InChI is InChI=1S/C28H16N2O10/c31-25(17-7-3-1-4-8-17)21-13-11-19(15-23(21)29(35)36)27(33)39-40-28(34)20-12-14-22(24(16-20)30(37)38)26(32)18-9-5-2-6-10-18/h1-16H. The van der Waals surface area contributed by atoms with Crippen molar-refractivity contribution in [2.24, 2.45) is 0 Å². The Balaban J connectivity index is 1.51. The molecule has 0 aliphatic rings. The second kappa shape index (κ2) is 11.6. The first kappa shape index (κ1) is 27.0. The Morgan fingerprint density at radius 3 is 1.18 bits per heavy atom. The van der Waals surface area contributed by atoms with E-state index in [1.54, 1.807) is 36.4 Å². The SMILES string of the molecule is O=C(OOC(=O)c1ccc(C(=O)c2ccccc2)c([N+](=O)[O-])c1)c1ccc(C(=O)c2ccccc2)c([N+](=O)[O-])c1. The predicted molar refractivity (Wildman–Crippen MR) is 137 cm³/mol. The first-order chi connectivity index (χ1) is 19.2. The third-order valence-corrected chi connectivity index (χ3v) is 5.61. The fourth-order valence-corrected chi connectivity index (χ4v) is 3.67. The molecule has 0 atom stereocenters. The molecule has 0 bridgehead atoms. The first-order valence-corrected chi connectivity index (χ1v) is 11.4. The number of hydrogen-bond donors (Lipinski definition) is 0. The van der Waals surface area contributed by atoms with Gasteiger partial charge in [-0.3, -0.25) is 29.8 Å². The summed E-state index contributed by atoms with van der Waals surface area (Å²) in [6.07, 6.45) is 0. The van der Waals surface area contributed by atoms with Gasteiger partial charge in [0.15, 0.2) is 11.6 Å². The third-order valence-electron chi connectivity index (χ3n) is 5.61. The Kier molecular flexibility index (Phi) is 7.81. The minimum absolute atomic E-state index is 0.195. The Labute approximate surface area is 224 Å². The first-order valence-electron chi connectivity index (χ1n) is 11.4. The molecule has 0 saturated carbocycles. The van der Waals surface area contributed by atoms with Crippen molar-refractivity contribution in [1.82, 2.24) is 0 Å². The van der Waals surface area contributed by atoms with Crippen LogP contribution in [0.4, 0.5) is 11.4 Å². The maximum Gasteiger partial charge on any atom is 0.386 e. The van der Waals surface area contributed by atoms with Gasteiger partial charge in [-0.2, -0.15) is 0 Å². The molecule has 4 rings (SSSR count). The molecular formula is C28H16N2O10. The van der Waals surface area contributed by atoms with Crippen molar-refractivity contribution in [1.29, 1.82) is 0 Å². The highest BCUT2D eigenvalue weighted by atomic mass is 17.2. The van der Waals surface area contributed by atoms with Gasteiger partial charge in [0.2, 0.25) is 0 Å². The maximum atomic E-state index is 12.7. The van der Waals surface area contributed by atoms with Gasteiger partial charge in [-0.05, 0) is 24.3 Å². The highest BCUT2D eigenvalue weighted by molar-refractivity contribution is 6.12. The third kappa shape index (κ3) is 5.75. The van der Waals surface area contributed by atoms with Crippen molar-refractivity contribution >= 4 is 34.9 Å². The Morgan fingerprint density at radius 1 is 0.500 bits per heavy atom. The van der Waals surface area contributed by atoms with Gasteiger partial charge in [0.05, 0.1) is 21.0 Å². The summed E-state index contributed by atoms with van der Waals surface area (Å²) in [5, 5.41) is 23.1. The molecule has 0 heterocycles. The van der Waals surface area contributed by atoms with Crippen LogP contribution in [0.2, 0.25) is 0 Å². The zero-order valence-electron chi connectivity index (χ0n) is 20.2. The van der Waals surface area contributed by atoms with Gasteiger partial charge >= 0.3 is 11.9 Å². The van der Waals surface area contributed by atoms with E-state index in [0.29, 0.717) is 0 Å². The number of carbonyl (C=O) groups excluding carboxylic acids is 4. The van der Waals surface area contributed by atoms with E-state index in [4.69, 9.17) is 0 Å².